The van der Waals surface area contributed by atoms with Gasteiger partial charge in [-0.25, -0.2) is 5.43 Å². The molecule has 190 valence electrons. The highest BCUT2D eigenvalue weighted by Gasteiger charge is 2.24. The van der Waals surface area contributed by atoms with Crippen LogP contribution in [0.2, 0.25) is 15.1 Å². The average Bonchev–Trinajstić information content (AvgIpc) is 3.21. The van der Waals surface area contributed by atoms with Crippen molar-refractivity contribution in [3.05, 3.63) is 105 Å². The molecular weight excluding hydrogens is 531 g/mol. The van der Waals surface area contributed by atoms with Crippen molar-refractivity contribution in [2.45, 2.75) is 26.4 Å². The SMILES string of the molecule is CC(C)C(NC(=O)c1cccc(Cl)c1)C(=O)N/N=C\c1cn(Cc2ccc(Cl)cc2Cl)c2ccccc12. The number of carbonyl (C=O) groups excluding carboxylic acids is 2. The zero-order valence-electron chi connectivity index (χ0n) is 20.2. The summed E-state index contributed by atoms with van der Waals surface area (Å²) in [5, 5.41) is 9.54. The molecule has 0 aliphatic heterocycles. The Labute approximate surface area is 230 Å². The Balaban J connectivity index is 1.50. The highest BCUT2D eigenvalue weighted by Crippen LogP contribution is 2.25. The van der Waals surface area contributed by atoms with Crippen LogP contribution in [0, 0.1) is 5.92 Å². The van der Waals surface area contributed by atoms with Crippen LogP contribution in [-0.2, 0) is 11.3 Å². The second kappa shape index (κ2) is 11.8. The first-order chi connectivity index (χ1) is 17.7. The Morgan fingerprint density at radius 3 is 2.46 bits per heavy atom. The molecule has 0 saturated heterocycles. The summed E-state index contributed by atoms with van der Waals surface area (Å²) in [6.07, 6.45) is 3.54. The number of rotatable bonds is 8. The lowest BCUT2D eigenvalue weighted by molar-refractivity contribution is -0.123. The van der Waals surface area contributed by atoms with Crippen LogP contribution in [0.5, 0.6) is 0 Å². The van der Waals surface area contributed by atoms with Crippen LogP contribution in [0.25, 0.3) is 10.9 Å². The van der Waals surface area contributed by atoms with Gasteiger partial charge in [-0.15, -0.1) is 0 Å². The van der Waals surface area contributed by atoms with Crippen LogP contribution in [0.15, 0.2) is 78.0 Å². The molecule has 4 aromatic rings. The van der Waals surface area contributed by atoms with Crippen molar-refractivity contribution < 1.29 is 9.59 Å². The molecule has 1 unspecified atom stereocenters. The molecule has 0 aliphatic carbocycles. The summed E-state index contributed by atoms with van der Waals surface area (Å²) in [6.45, 7) is 4.24. The number of hydrogen-bond donors (Lipinski definition) is 2. The smallest absolute Gasteiger partial charge is 0.262 e. The minimum Gasteiger partial charge on any atom is -0.342 e. The molecule has 0 saturated carbocycles. The van der Waals surface area contributed by atoms with Gasteiger partial charge >= 0.3 is 0 Å². The number of benzene rings is 3. The standard InChI is InChI=1S/C28H25Cl3N4O2/c1-17(2)26(33-27(36)18-6-5-7-21(29)12-18)28(37)34-32-14-20-16-35(25-9-4-3-8-23(20)25)15-19-10-11-22(30)13-24(19)31/h3-14,16-17,26H,15H2,1-2H3,(H,33,36)(H,34,37)/b32-14-. The number of amides is 2. The first-order valence-electron chi connectivity index (χ1n) is 11.6. The highest BCUT2D eigenvalue weighted by atomic mass is 35.5. The van der Waals surface area contributed by atoms with Gasteiger partial charge in [-0.05, 0) is 47.9 Å². The normalized spacial score (nSPS) is 12.3. The van der Waals surface area contributed by atoms with E-state index < -0.39 is 11.9 Å². The number of halogens is 3. The number of aromatic nitrogens is 1. The number of hydrogen-bond acceptors (Lipinski definition) is 3. The fourth-order valence-corrected chi connectivity index (χ4v) is 4.63. The lowest BCUT2D eigenvalue weighted by Crippen LogP contribution is -2.48. The molecule has 9 heteroatoms. The Hall–Kier alpha value is -3.32. The fraction of sp³-hybridized carbons (Fsp3) is 0.179. The summed E-state index contributed by atoms with van der Waals surface area (Å²) in [7, 11) is 0. The van der Waals surface area contributed by atoms with E-state index >= 15 is 0 Å². The van der Waals surface area contributed by atoms with Gasteiger partial charge in [-0.3, -0.25) is 9.59 Å². The third kappa shape index (κ3) is 6.52. The number of carbonyl (C=O) groups is 2. The minimum atomic E-state index is -0.781. The second-order valence-electron chi connectivity index (χ2n) is 8.90. The maximum atomic E-state index is 12.9. The first kappa shape index (κ1) is 26.7. The molecule has 2 N–H and O–H groups in total. The van der Waals surface area contributed by atoms with Gasteiger partial charge in [0, 0.05) is 49.8 Å². The van der Waals surface area contributed by atoms with Crippen molar-refractivity contribution in [3.8, 4) is 0 Å². The van der Waals surface area contributed by atoms with Crippen LogP contribution in [0.1, 0.15) is 35.3 Å². The molecular formula is C28H25Cl3N4O2. The van der Waals surface area contributed by atoms with Gasteiger partial charge in [-0.1, -0.05) is 79.0 Å². The number of fused-ring (bicyclic) bond motifs is 1. The van der Waals surface area contributed by atoms with Crippen molar-refractivity contribution >= 4 is 63.7 Å². The Kier molecular flexibility index (Phi) is 8.54. The Morgan fingerprint density at radius 1 is 0.973 bits per heavy atom. The summed E-state index contributed by atoms with van der Waals surface area (Å²) >= 11 is 18.4. The number of hydrazone groups is 1. The van der Waals surface area contributed by atoms with E-state index in [-0.39, 0.29) is 11.8 Å². The predicted molar refractivity (Wildman–Crippen MR) is 151 cm³/mol. The number of nitrogens with one attached hydrogen (secondary N) is 2. The summed E-state index contributed by atoms with van der Waals surface area (Å²) in [5.41, 5.74) is 5.69. The predicted octanol–water partition coefficient (Wildman–Crippen LogP) is 6.55. The summed E-state index contributed by atoms with van der Waals surface area (Å²) < 4.78 is 2.07. The molecule has 0 fully saturated rings. The maximum Gasteiger partial charge on any atom is 0.262 e. The van der Waals surface area contributed by atoms with Crippen LogP contribution >= 0.6 is 34.8 Å². The Bertz CT molecular complexity index is 1480. The number of nitrogens with zero attached hydrogens (tertiary/aromatic N) is 2. The fourth-order valence-electron chi connectivity index (χ4n) is 3.97. The molecule has 1 atom stereocenters. The van der Waals surface area contributed by atoms with Gasteiger partial charge in [0.05, 0.1) is 6.21 Å². The first-order valence-corrected chi connectivity index (χ1v) is 12.8. The third-order valence-electron chi connectivity index (χ3n) is 5.88. The molecule has 2 amide bonds. The van der Waals surface area contributed by atoms with E-state index in [2.05, 4.69) is 20.4 Å². The largest absolute Gasteiger partial charge is 0.342 e. The maximum absolute atomic E-state index is 12.9. The molecule has 0 radical (unpaired) electrons. The topological polar surface area (TPSA) is 75.5 Å². The lowest BCUT2D eigenvalue weighted by atomic mass is 10.0. The summed E-state index contributed by atoms with van der Waals surface area (Å²) in [5.74, 6) is -0.966. The van der Waals surface area contributed by atoms with Gasteiger partial charge in [0.15, 0.2) is 0 Å². The van der Waals surface area contributed by atoms with E-state index in [1.54, 1.807) is 36.5 Å². The minimum absolute atomic E-state index is 0.163. The molecule has 0 bridgehead atoms. The van der Waals surface area contributed by atoms with E-state index in [9.17, 15) is 9.59 Å². The van der Waals surface area contributed by atoms with Gasteiger partial charge in [0.1, 0.15) is 6.04 Å². The second-order valence-corrected chi connectivity index (χ2v) is 10.2. The molecule has 1 heterocycles. The monoisotopic (exact) mass is 554 g/mol. The zero-order valence-corrected chi connectivity index (χ0v) is 22.5. The summed E-state index contributed by atoms with van der Waals surface area (Å²) in [6, 6.07) is 19.1. The van der Waals surface area contributed by atoms with E-state index in [1.807, 2.05) is 56.4 Å². The summed E-state index contributed by atoms with van der Waals surface area (Å²) in [4.78, 5) is 25.5. The molecule has 0 spiro atoms. The van der Waals surface area contributed by atoms with Crippen molar-refractivity contribution in [1.82, 2.24) is 15.3 Å². The van der Waals surface area contributed by atoms with E-state index in [1.165, 1.54) is 0 Å². The van der Waals surface area contributed by atoms with Gasteiger partial charge in [-0.2, -0.15) is 5.10 Å². The third-order valence-corrected chi connectivity index (χ3v) is 6.70. The zero-order chi connectivity index (χ0) is 26.5. The van der Waals surface area contributed by atoms with E-state index in [4.69, 9.17) is 34.8 Å². The van der Waals surface area contributed by atoms with Gasteiger partial charge < -0.3 is 9.88 Å². The van der Waals surface area contributed by atoms with Crippen molar-refractivity contribution in [3.63, 3.8) is 0 Å². The van der Waals surface area contributed by atoms with Gasteiger partial charge in [0.2, 0.25) is 0 Å². The van der Waals surface area contributed by atoms with Crippen LogP contribution in [-0.4, -0.2) is 28.6 Å². The van der Waals surface area contributed by atoms with E-state index in [0.717, 1.165) is 22.0 Å². The average molecular weight is 556 g/mol. The van der Waals surface area contributed by atoms with Gasteiger partial charge in [0.25, 0.3) is 11.8 Å². The molecule has 1 aromatic heterocycles. The molecule has 6 nitrogen and oxygen atoms in total. The lowest BCUT2D eigenvalue weighted by Gasteiger charge is -2.20. The van der Waals surface area contributed by atoms with Crippen LogP contribution < -0.4 is 10.7 Å². The number of para-hydroxylation sites is 1. The quantitative estimate of drug-likeness (QED) is 0.191. The Morgan fingerprint density at radius 2 is 1.73 bits per heavy atom. The highest BCUT2D eigenvalue weighted by molar-refractivity contribution is 6.35. The van der Waals surface area contributed by atoms with E-state index in [0.29, 0.717) is 27.2 Å². The molecule has 37 heavy (non-hydrogen) atoms. The van der Waals surface area contributed by atoms with Crippen LogP contribution in [0.4, 0.5) is 0 Å². The van der Waals surface area contributed by atoms with Crippen molar-refractivity contribution in [1.29, 1.82) is 0 Å². The van der Waals surface area contributed by atoms with Crippen molar-refractivity contribution in [2.75, 3.05) is 0 Å². The van der Waals surface area contributed by atoms with Crippen LogP contribution in [0.3, 0.4) is 0 Å². The van der Waals surface area contributed by atoms with Crippen molar-refractivity contribution in [2.24, 2.45) is 11.0 Å². The molecule has 4 rings (SSSR count). The molecule has 0 aliphatic rings. The molecule has 3 aromatic carbocycles.